The van der Waals surface area contributed by atoms with Crippen LogP contribution in [0.2, 0.25) is 0 Å². The molecule has 5 heteroatoms. The number of hydrogen-bond donors (Lipinski definition) is 1. The Hall–Kier alpha value is -1.36. The van der Waals surface area contributed by atoms with Crippen LogP contribution in [0, 0.1) is 5.92 Å². The van der Waals surface area contributed by atoms with Gasteiger partial charge in [-0.15, -0.1) is 0 Å². The highest BCUT2D eigenvalue weighted by Gasteiger charge is 2.25. The van der Waals surface area contributed by atoms with Gasteiger partial charge in [-0.05, 0) is 38.6 Å². The van der Waals surface area contributed by atoms with Gasteiger partial charge in [0, 0.05) is 37.8 Å². The number of carboxylic acids is 1. The number of carbonyl (C=O) groups is 1. The van der Waals surface area contributed by atoms with E-state index < -0.39 is 5.97 Å². The van der Waals surface area contributed by atoms with Crippen molar-refractivity contribution in [3.63, 3.8) is 0 Å². The van der Waals surface area contributed by atoms with Crippen LogP contribution in [0.15, 0.2) is 12.4 Å². The zero-order chi connectivity index (χ0) is 13.8. The Kier molecular flexibility index (Phi) is 4.58. The lowest BCUT2D eigenvalue weighted by Crippen LogP contribution is -2.37. The summed E-state index contributed by atoms with van der Waals surface area (Å²) in [6.07, 6.45) is 7.39. The van der Waals surface area contributed by atoms with Crippen LogP contribution >= 0.6 is 0 Å². The fourth-order valence-electron chi connectivity index (χ4n) is 2.88. The zero-order valence-corrected chi connectivity index (χ0v) is 11.7. The predicted molar refractivity (Wildman–Crippen MR) is 72.8 cm³/mol. The molecular weight excluding hydrogens is 242 g/mol. The molecule has 2 heterocycles. The van der Waals surface area contributed by atoms with Gasteiger partial charge in [-0.2, -0.15) is 5.10 Å². The molecule has 0 amide bonds. The summed E-state index contributed by atoms with van der Waals surface area (Å²) in [5, 5.41) is 13.0. The molecule has 1 aromatic rings. The van der Waals surface area contributed by atoms with E-state index in [2.05, 4.69) is 23.1 Å². The van der Waals surface area contributed by atoms with Crippen LogP contribution in [0.3, 0.4) is 0 Å². The van der Waals surface area contributed by atoms with Gasteiger partial charge in [-0.1, -0.05) is 0 Å². The Balaban J connectivity index is 1.91. The lowest BCUT2D eigenvalue weighted by molar-refractivity contribution is -0.137. The topological polar surface area (TPSA) is 58.4 Å². The highest BCUT2D eigenvalue weighted by atomic mass is 16.4. The van der Waals surface area contributed by atoms with Crippen molar-refractivity contribution in [2.75, 3.05) is 13.1 Å². The average Bonchev–Trinajstić information content (AvgIpc) is 2.82. The highest BCUT2D eigenvalue weighted by molar-refractivity contribution is 5.66. The summed E-state index contributed by atoms with van der Waals surface area (Å²) in [6, 6.07) is 0.362. The van der Waals surface area contributed by atoms with Crippen LogP contribution in [-0.4, -0.2) is 38.8 Å². The summed E-state index contributed by atoms with van der Waals surface area (Å²) in [4.78, 5) is 13.1. The molecule has 0 saturated carbocycles. The first-order chi connectivity index (χ1) is 9.06. The third-order valence-electron chi connectivity index (χ3n) is 4.07. The van der Waals surface area contributed by atoms with Crippen molar-refractivity contribution in [1.29, 1.82) is 0 Å². The first-order valence-corrected chi connectivity index (χ1v) is 7.00. The van der Waals surface area contributed by atoms with Crippen molar-refractivity contribution in [2.45, 2.75) is 38.6 Å². The molecule has 1 aromatic heterocycles. The molecule has 1 N–H and O–H groups in total. The minimum atomic E-state index is -0.683. The van der Waals surface area contributed by atoms with E-state index in [1.807, 2.05) is 17.9 Å². The van der Waals surface area contributed by atoms with Gasteiger partial charge in [0.05, 0.1) is 6.20 Å². The molecule has 0 radical (unpaired) electrons. The molecule has 2 atom stereocenters. The molecule has 2 rings (SSSR count). The second-order valence-corrected chi connectivity index (χ2v) is 5.56. The number of piperidine rings is 1. The highest BCUT2D eigenvalue weighted by Crippen LogP contribution is 2.28. The fourth-order valence-corrected chi connectivity index (χ4v) is 2.88. The van der Waals surface area contributed by atoms with Crippen molar-refractivity contribution >= 4 is 5.97 Å². The first-order valence-electron chi connectivity index (χ1n) is 7.00. The normalized spacial score (nSPS) is 22.3. The molecule has 1 fully saturated rings. The number of nitrogens with zero attached hydrogens (tertiary/aromatic N) is 3. The number of carboxylic acid groups (broad SMARTS) is 1. The smallest absolute Gasteiger partial charge is 0.303 e. The second kappa shape index (κ2) is 6.19. The van der Waals surface area contributed by atoms with Crippen LogP contribution in [0.5, 0.6) is 0 Å². The minimum Gasteiger partial charge on any atom is -0.481 e. The molecule has 5 nitrogen and oxygen atoms in total. The van der Waals surface area contributed by atoms with E-state index >= 15 is 0 Å². The lowest BCUT2D eigenvalue weighted by atomic mass is 9.92. The number of aromatic nitrogens is 2. The van der Waals surface area contributed by atoms with Crippen LogP contribution in [-0.2, 0) is 11.8 Å². The summed E-state index contributed by atoms with van der Waals surface area (Å²) < 4.78 is 1.83. The van der Waals surface area contributed by atoms with Crippen LogP contribution in [0.25, 0.3) is 0 Å². The van der Waals surface area contributed by atoms with Gasteiger partial charge in [0.1, 0.15) is 0 Å². The van der Waals surface area contributed by atoms with E-state index in [1.54, 1.807) is 0 Å². The van der Waals surface area contributed by atoms with E-state index in [1.165, 1.54) is 5.56 Å². The summed E-state index contributed by atoms with van der Waals surface area (Å²) in [6.45, 7) is 4.31. The maximum absolute atomic E-state index is 10.7. The van der Waals surface area contributed by atoms with E-state index in [0.717, 1.165) is 32.4 Å². The summed E-state index contributed by atoms with van der Waals surface area (Å²) in [5.74, 6) is -0.165. The molecule has 0 aliphatic carbocycles. The predicted octanol–water partition coefficient (Wildman–Crippen LogP) is 2.06. The van der Waals surface area contributed by atoms with Gasteiger partial charge in [-0.25, -0.2) is 0 Å². The molecule has 1 aliphatic heterocycles. The maximum Gasteiger partial charge on any atom is 0.303 e. The Morgan fingerprint density at radius 1 is 1.63 bits per heavy atom. The van der Waals surface area contributed by atoms with Gasteiger partial charge in [0.2, 0.25) is 0 Å². The average molecular weight is 265 g/mol. The van der Waals surface area contributed by atoms with Gasteiger partial charge < -0.3 is 5.11 Å². The van der Waals surface area contributed by atoms with Crippen molar-refractivity contribution in [2.24, 2.45) is 13.0 Å². The molecule has 19 heavy (non-hydrogen) atoms. The molecule has 1 saturated heterocycles. The van der Waals surface area contributed by atoms with Gasteiger partial charge >= 0.3 is 5.97 Å². The Labute approximate surface area is 114 Å². The van der Waals surface area contributed by atoms with Crippen molar-refractivity contribution in [3.05, 3.63) is 18.0 Å². The Bertz CT molecular complexity index is 430. The van der Waals surface area contributed by atoms with Gasteiger partial charge in [0.25, 0.3) is 0 Å². The SMILES string of the molecule is CC(c1cnn(C)c1)N1CCCC(CCC(=O)O)C1. The summed E-state index contributed by atoms with van der Waals surface area (Å²) >= 11 is 0. The summed E-state index contributed by atoms with van der Waals surface area (Å²) in [5.41, 5.74) is 1.24. The lowest BCUT2D eigenvalue weighted by Gasteiger charge is -2.36. The van der Waals surface area contributed by atoms with Gasteiger partial charge in [0.15, 0.2) is 0 Å². The van der Waals surface area contributed by atoms with Crippen molar-refractivity contribution in [3.8, 4) is 0 Å². The van der Waals surface area contributed by atoms with Crippen molar-refractivity contribution in [1.82, 2.24) is 14.7 Å². The molecule has 0 aromatic carbocycles. The quantitative estimate of drug-likeness (QED) is 0.885. The molecule has 0 spiro atoms. The number of aliphatic carboxylic acids is 1. The van der Waals surface area contributed by atoms with Crippen molar-refractivity contribution < 1.29 is 9.90 Å². The molecular formula is C14H23N3O2. The third kappa shape index (κ3) is 3.80. The molecule has 0 bridgehead atoms. The largest absolute Gasteiger partial charge is 0.481 e. The van der Waals surface area contributed by atoms with Crippen LogP contribution in [0.1, 0.15) is 44.2 Å². The Morgan fingerprint density at radius 2 is 2.42 bits per heavy atom. The van der Waals surface area contributed by atoms with E-state index in [0.29, 0.717) is 18.4 Å². The summed E-state index contributed by atoms with van der Waals surface area (Å²) in [7, 11) is 1.93. The van der Waals surface area contributed by atoms with Crippen LogP contribution < -0.4 is 0 Å². The third-order valence-corrected chi connectivity index (χ3v) is 4.07. The minimum absolute atomic E-state index is 0.291. The van der Waals surface area contributed by atoms with E-state index in [-0.39, 0.29) is 0 Å². The number of likely N-dealkylation sites (tertiary alicyclic amines) is 1. The number of hydrogen-bond acceptors (Lipinski definition) is 3. The van der Waals surface area contributed by atoms with Gasteiger partial charge in [-0.3, -0.25) is 14.4 Å². The number of aryl methyl sites for hydroxylation is 1. The molecule has 1 aliphatic rings. The second-order valence-electron chi connectivity index (χ2n) is 5.56. The maximum atomic E-state index is 10.7. The Morgan fingerprint density at radius 3 is 3.05 bits per heavy atom. The number of rotatable bonds is 5. The molecule has 106 valence electrons. The monoisotopic (exact) mass is 265 g/mol. The zero-order valence-electron chi connectivity index (χ0n) is 11.7. The van der Waals surface area contributed by atoms with E-state index in [9.17, 15) is 4.79 Å². The van der Waals surface area contributed by atoms with E-state index in [4.69, 9.17) is 5.11 Å². The standard InChI is InChI=1S/C14H23N3O2/c1-11(13-8-15-16(2)10-13)17-7-3-4-12(9-17)5-6-14(18)19/h8,10-12H,3-7,9H2,1-2H3,(H,18,19). The first kappa shape index (κ1) is 14.1. The molecule has 2 unspecified atom stereocenters. The van der Waals surface area contributed by atoms with Crippen LogP contribution in [0.4, 0.5) is 0 Å². The fraction of sp³-hybridized carbons (Fsp3) is 0.714.